The zero-order chi connectivity index (χ0) is 12.0. The standard InChI is InChI=1S/C10H10IN3O2/c1-16-9-6-7(3-2-4-13-14-12)5-8(11)10(9)15/h2-3,5-6,15H,4H2,1H3. The van der Waals surface area contributed by atoms with Gasteiger partial charge in [0, 0.05) is 11.5 Å². The summed E-state index contributed by atoms with van der Waals surface area (Å²) in [6, 6.07) is 3.52. The van der Waals surface area contributed by atoms with Gasteiger partial charge in [0.2, 0.25) is 0 Å². The molecule has 0 aliphatic rings. The zero-order valence-electron chi connectivity index (χ0n) is 8.59. The van der Waals surface area contributed by atoms with E-state index in [4.69, 9.17) is 10.3 Å². The molecule has 0 saturated heterocycles. The topological polar surface area (TPSA) is 78.2 Å². The Morgan fingerprint density at radius 3 is 3.00 bits per heavy atom. The van der Waals surface area contributed by atoms with Crippen molar-refractivity contribution in [3.05, 3.63) is 37.8 Å². The average Bonchev–Trinajstić information content (AvgIpc) is 2.29. The molecular formula is C10H10IN3O2. The molecule has 0 atom stereocenters. The number of rotatable bonds is 4. The van der Waals surface area contributed by atoms with Gasteiger partial charge in [-0.1, -0.05) is 17.3 Å². The van der Waals surface area contributed by atoms with Crippen molar-refractivity contribution in [3.63, 3.8) is 0 Å². The number of aromatic hydroxyl groups is 1. The molecule has 16 heavy (non-hydrogen) atoms. The van der Waals surface area contributed by atoms with Crippen LogP contribution in [-0.4, -0.2) is 18.8 Å². The molecule has 0 aliphatic carbocycles. The normalized spacial score (nSPS) is 10.1. The van der Waals surface area contributed by atoms with Gasteiger partial charge in [0.1, 0.15) is 0 Å². The molecule has 0 heterocycles. The molecule has 84 valence electrons. The van der Waals surface area contributed by atoms with Gasteiger partial charge in [-0.15, -0.1) is 0 Å². The predicted molar refractivity (Wildman–Crippen MR) is 70.4 cm³/mol. The van der Waals surface area contributed by atoms with E-state index in [-0.39, 0.29) is 5.75 Å². The second kappa shape index (κ2) is 6.24. The number of phenolic OH excluding ortho intramolecular Hbond substituents is 1. The van der Waals surface area contributed by atoms with Gasteiger partial charge in [0.05, 0.1) is 10.7 Å². The summed E-state index contributed by atoms with van der Waals surface area (Å²) in [6.45, 7) is 0.302. The van der Waals surface area contributed by atoms with Crippen LogP contribution in [0.1, 0.15) is 5.56 Å². The molecule has 1 rings (SSSR count). The van der Waals surface area contributed by atoms with Crippen LogP contribution in [0.5, 0.6) is 11.5 Å². The maximum Gasteiger partial charge on any atom is 0.171 e. The molecule has 0 fully saturated rings. The third-order valence-electron chi connectivity index (χ3n) is 1.83. The average molecular weight is 331 g/mol. The lowest BCUT2D eigenvalue weighted by Crippen LogP contribution is -1.87. The molecule has 0 aromatic heterocycles. The van der Waals surface area contributed by atoms with Gasteiger partial charge >= 0.3 is 0 Å². The highest BCUT2D eigenvalue weighted by molar-refractivity contribution is 14.1. The Morgan fingerprint density at radius 2 is 2.38 bits per heavy atom. The van der Waals surface area contributed by atoms with Crippen molar-refractivity contribution in [1.29, 1.82) is 0 Å². The number of ether oxygens (including phenoxy) is 1. The van der Waals surface area contributed by atoms with Crippen LogP contribution in [0.25, 0.3) is 16.5 Å². The Morgan fingerprint density at radius 1 is 1.62 bits per heavy atom. The first-order valence-corrected chi connectivity index (χ1v) is 5.50. The second-order valence-corrected chi connectivity index (χ2v) is 4.03. The molecule has 0 bridgehead atoms. The fourth-order valence-corrected chi connectivity index (χ4v) is 1.74. The van der Waals surface area contributed by atoms with Crippen LogP contribution in [0.2, 0.25) is 0 Å². The van der Waals surface area contributed by atoms with Crippen LogP contribution in [0, 0.1) is 3.57 Å². The minimum Gasteiger partial charge on any atom is -0.504 e. The largest absolute Gasteiger partial charge is 0.504 e. The summed E-state index contributed by atoms with van der Waals surface area (Å²) < 4.78 is 5.73. The van der Waals surface area contributed by atoms with Crippen molar-refractivity contribution in [2.75, 3.05) is 13.7 Å². The number of hydrogen-bond acceptors (Lipinski definition) is 3. The summed E-state index contributed by atoms with van der Waals surface area (Å²) in [6.07, 6.45) is 3.54. The molecule has 1 aromatic rings. The van der Waals surface area contributed by atoms with Crippen LogP contribution in [0.4, 0.5) is 0 Å². The van der Waals surface area contributed by atoms with E-state index >= 15 is 0 Å². The number of benzene rings is 1. The van der Waals surface area contributed by atoms with Crippen LogP contribution in [-0.2, 0) is 0 Å². The molecule has 0 spiro atoms. The molecule has 6 heteroatoms. The Hall–Kier alpha value is -1.40. The third kappa shape index (κ3) is 3.32. The van der Waals surface area contributed by atoms with E-state index in [1.165, 1.54) is 7.11 Å². The van der Waals surface area contributed by atoms with Gasteiger partial charge in [-0.25, -0.2) is 0 Å². The van der Waals surface area contributed by atoms with E-state index in [1.807, 2.05) is 28.7 Å². The van der Waals surface area contributed by atoms with Crippen LogP contribution in [0.3, 0.4) is 0 Å². The lowest BCUT2D eigenvalue weighted by atomic mass is 10.2. The van der Waals surface area contributed by atoms with E-state index in [1.54, 1.807) is 18.2 Å². The smallest absolute Gasteiger partial charge is 0.171 e. The van der Waals surface area contributed by atoms with Gasteiger partial charge in [-0.2, -0.15) is 0 Å². The highest BCUT2D eigenvalue weighted by Gasteiger charge is 2.06. The molecule has 0 unspecified atom stereocenters. The van der Waals surface area contributed by atoms with Gasteiger partial charge in [-0.3, -0.25) is 0 Å². The summed E-state index contributed by atoms with van der Waals surface area (Å²) in [7, 11) is 1.50. The molecule has 1 aromatic carbocycles. The van der Waals surface area contributed by atoms with Gasteiger partial charge < -0.3 is 9.84 Å². The van der Waals surface area contributed by atoms with Crippen molar-refractivity contribution in [2.24, 2.45) is 5.11 Å². The van der Waals surface area contributed by atoms with E-state index in [0.717, 1.165) is 5.56 Å². The predicted octanol–water partition coefficient (Wildman–Crippen LogP) is 3.33. The minimum absolute atomic E-state index is 0.135. The minimum atomic E-state index is 0.135. The Balaban J connectivity index is 2.93. The first-order chi connectivity index (χ1) is 7.69. The second-order valence-electron chi connectivity index (χ2n) is 2.87. The van der Waals surface area contributed by atoms with Crippen molar-refractivity contribution in [2.45, 2.75) is 0 Å². The summed E-state index contributed by atoms with van der Waals surface area (Å²) in [5.41, 5.74) is 8.98. The first-order valence-electron chi connectivity index (χ1n) is 4.43. The highest BCUT2D eigenvalue weighted by Crippen LogP contribution is 2.32. The molecule has 5 nitrogen and oxygen atoms in total. The first kappa shape index (κ1) is 12.7. The maximum absolute atomic E-state index is 9.61. The quantitative estimate of drug-likeness (QED) is 0.397. The fourth-order valence-electron chi connectivity index (χ4n) is 1.12. The molecule has 1 N–H and O–H groups in total. The summed E-state index contributed by atoms with van der Waals surface area (Å²) in [5, 5.41) is 13.0. The van der Waals surface area contributed by atoms with Crippen molar-refractivity contribution in [3.8, 4) is 11.5 Å². The molecule has 0 amide bonds. The maximum atomic E-state index is 9.61. The number of phenols is 1. The van der Waals surface area contributed by atoms with E-state index in [9.17, 15) is 5.11 Å². The molecule has 0 aliphatic heterocycles. The summed E-state index contributed by atoms with van der Waals surface area (Å²) in [5.74, 6) is 0.561. The number of halogens is 1. The van der Waals surface area contributed by atoms with Gasteiger partial charge in [0.25, 0.3) is 0 Å². The molecule has 0 radical (unpaired) electrons. The van der Waals surface area contributed by atoms with Crippen LogP contribution in [0.15, 0.2) is 23.3 Å². The lowest BCUT2D eigenvalue weighted by molar-refractivity contribution is 0.371. The summed E-state index contributed by atoms with van der Waals surface area (Å²) in [4.78, 5) is 2.64. The Kier molecular flexibility index (Phi) is 4.94. The zero-order valence-corrected chi connectivity index (χ0v) is 10.7. The molecule has 0 saturated carbocycles. The van der Waals surface area contributed by atoms with Crippen molar-refractivity contribution in [1.82, 2.24) is 0 Å². The highest BCUT2D eigenvalue weighted by atomic mass is 127. The Bertz CT molecular complexity index is 454. The van der Waals surface area contributed by atoms with Crippen molar-refractivity contribution >= 4 is 28.7 Å². The Labute approximate surface area is 107 Å². The van der Waals surface area contributed by atoms with Gasteiger partial charge in [0.15, 0.2) is 11.5 Å². The lowest BCUT2D eigenvalue weighted by Gasteiger charge is -2.06. The third-order valence-corrected chi connectivity index (χ3v) is 2.65. The van der Waals surface area contributed by atoms with E-state index in [0.29, 0.717) is 15.9 Å². The SMILES string of the molecule is COc1cc(C=CCN=[N+]=[N-])cc(I)c1O. The number of nitrogens with zero attached hydrogens (tertiary/aromatic N) is 3. The van der Waals surface area contributed by atoms with Gasteiger partial charge in [-0.05, 0) is 45.8 Å². The van der Waals surface area contributed by atoms with Crippen LogP contribution < -0.4 is 4.74 Å². The molecular weight excluding hydrogens is 321 g/mol. The number of azide groups is 1. The van der Waals surface area contributed by atoms with Crippen LogP contribution >= 0.6 is 22.6 Å². The monoisotopic (exact) mass is 331 g/mol. The summed E-state index contributed by atoms with van der Waals surface area (Å²) >= 11 is 2.02. The number of methoxy groups -OCH3 is 1. The van der Waals surface area contributed by atoms with E-state index in [2.05, 4.69) is 10.0 Å². The number of hydrogen-bond donors (Lipinski definition) is 1. The van der Waals surface area contributed by atoms with Crippen molar-refractivity contribution < 1.29 is 9.84 Å². The van der Waals surface area contributed by atoms with E-state index < -0.39 is 0 Å². The fraction of sp³-hybridized carbons (Fsp3) is 0.200.